The van der Waals surface area contributed by atoms with Gasteiger partial charge in [0, 0.05) is 24.4 Å². The number of benzene rings is 1. The molecule has 0 bridgehead atoms. The summed E-state index contributed by atoms with van der Waals surface area (Å²) < 4.78 is 4.54. The summed E-state index contributed by atoms with van der Waals surface area (Å²) in [7, 11) is 1.31. The van der Waals surface area contributed by atoms with E-state index < -0.39 is 0 Å². The number of ether oxygens (including phenoxy) is 1. The molecule has 0 fully saturated rings. The van der Waals surface area contributed by atoms with Crippen molar-refractivity contribution in [2.45, 2.75) is 46.1 Å². The van der Waals surface area contributed by atoms with Gasteiger partial charge in [0.25, 0.3) is 0 Å². The Morgan fingerprint density at radius 1 is 1.18 bits per heavy atom. The number of rotatable bonds is 7. The Kier molecular flexibility index (Phi) is 6.76. The van der Waals surface area contributed by atoms with E-state index in [1.807, 2.05) is 32.0 Å². The van der Waals surface area contributed by atoms with Crippen molar-refractivity contribution >= 4 is 17.7 Å². The van der Waals surface area contributed by atoms with Crippen molar-refractivity contribution in [3.63, 3.8) is 0 Å². The van der Waals surface area contributed by atoms with Crippen molar-refractivity contribution in [3.05, 3.63) is 34.9 Å². The number of hydrogen-bond acceptors (Lipinski definition) is 4. The average Bonchev–Trinajstić information content (AvgIpc) is 2.46. The molecule has 120 valence electrons. The number of esters is 1. The molecule has 0 spiro atoms. The number of methoxy groups -OCH3 is 1. The standard InChI is InChI=1S/C17H23NO4/c1-11-5-6-12(2)14(9-11)15(19)7-8-16(20)18-13(3)10-17(21)22-4/h5-6,9,13H,7-8,10H2,1-4H3,(H,18,20)/t13-/m1/s1. The highest BCUT2D eigenvalue weighted by atomic mass is 16.5. The topological polar surface area (TPSA) is 72.5 Å². The summed E-state index contributed by atoms with van der Waals surface area (Å²) in [6, 6.07) is 5.39. The molecule has 22 heavy (non-hydrogen) atoms. The smallest absolute Gasteiger partial charge is 0.307 e. The average molecular weight is 305 g/mol. The van der Waals surface area contributed by atoms with E-state index in [0.29, 0.717) is 5.56 Å². The van der Waals surface area contributed by atoms with Gasteiger partial charge < -0.3 is 10.1 Å². The molecule has 0 saturated carbocycles. The second-order valence-electron chi connectivity index (χ2n) is 5.49. The first kappa shape index (κ1) is 17.9. The molecule has 1 aromatic rings. The number of hydrogen-bond donors (Lipinski definition) is 1. The largest absolute Gasteiger partial charge is 0.469 e. The van der Waals surface area contributed by atoms with Gasteiger partial charge in [0.1, 0.15) is 0 Å². The van der Waals surface area contributed by atoms with Crippen molar-refractivity contribution in [1.29, 1.82) is 0 Å². The van der Waals surface area contributed by atoms with E-state index in [4.69, 9.17) is 0 Å². The molecular weight excluding hydrogens is 282 g/mol. The SMILES string of the molecule is COC(=O)C[C@@H](C)NC(=O)CCC(=O)c1cc(C)ccc1C. The van der Waals surface area contributed by atoms with E-state index in [1.165, 1.54) is 7.11 Å². The molecule has 0 aliphatic heterocycles. The highest BCUT2D eigenvalue weighted by Crippen LogP contribution is 2.13. The van der Waals surface area contributed by atoms with E-state index in [1.54, 1.807) is 6.92 Å². The minimum Gasteiger partial charge on any atom is -0.469 e. The van der Waals surface area contributed by atoms with Crippen LogP contribution in [0.2, 0.25) is 0 Å². The maximum atomic E-state index is 12.2. The highest BCUT2D eigenvalue weighted by molar-refractivity contribution is 5.99. The molecule has 0 aliphatic rings. The molecule has 1 rings (SSSR count). The van der Waals surface area contributed by atoms with E-state index in [2.05, 4.69) is 10.1 Å². The van der Waals surface area contributed by atoms with Gasteiger partial charge in [0.2, 0.25) is 5.91 Å². The van der Waals surface area contributed by atoms with Gasteiger partial charge in [-0.2, -0.15) is 0 Å². The summed E-state index contributed by atoms with van der Waals surface area (Å²) in [6.45, 7) is 5.53. The lowest BCUT2D eigenvalue weighted by Crippen LogP contribution is -2.34. The summed E-state index contributed by atoms with van der Waals surface area (Å²) in [4.78, 5) is 35.1. The number of nitrogens with one attached hydrogen (secondary N) is 1. The summed E-state index contributed by atoms with van der Waals surface area (Å²) in [5.41, 5.74) is 2.59. The second-order valence-corrected chi connectivity index (χ2v) is 5.49. The summed E-state index contributed by atoms with van der Waals surface area (Å²) in [6.07, 6.45) is 0.381. The molecule has 1 N–H and O–H groups in total. The van der Waals surface area contributed by atoms with Crippen LogP contribution in [0.1, 0.15) is 47.7 Å². The third-order valence-corrected chi connectivity index (χ3v) is 3.38. The quantitative estimate of drug-likeness (QED) is 0.620. The molecule has 0 heterocycles. The maximum Gasteiger partial charge on any atom is 0.307 e. The van der Waals surface area contributed by atoms with Crippen LogP contribution in [-0.2, 0) is 14.3 Å². The molecule has 0 aliphatic carbocycles. The molecule has 0 aromatic heterocycles. The van der Waals surface area contributed by atoms with Crippen LogP contribution in [0.25, 0.3) is 0 Å². The number of Topliss-reactive ketones (excluding diaryl/α,β-unsaturated/α-hetero) is 1. The number of carbonyl (C=O) groups is 3. The lowest BCUT2D eigenvalue weighted by atomic mass is 9.99. The predicted octanol–water partition coefficient (Wildman–Crippen LogP) is 2.33. The number of carbonyl (C=O) groups excluding carboxylic acids is 3. The Balaban J connectivity index is 2.48. The molecule has 5 nitrogen and oxygen atoms in total. The zero-order valence-corrected chi connectivity index (χ0v) is 13.6. The van der Waals surface area contributed by atoms with Gasteiger partial charge in [0.05, 0.1) is 13.5 Å². The van der Waals surface area contributed by atoms with Crippen molar-refractivity contribution in [2.75, 3.05) is 7.11 Å². The molecule has 0 saturated heterocycles. The van der Waals surface area contributed by atoms with Crippen LogP contribution >= 0.6 is 0 Å². The Bertz CT molecular complexity index is 566. The minimum absolute atomic E-state index is 0.0445. The molecule has 1 amide bonds. The van der Waals surface area contributed by atoms with E-state index in [9.17, 15) is 14.4 Å². The Labute approximate surface area is 131 Å². The lowest BCUT2D eigenvalue weighted by Gasteiger charge is -2.12. The normalized spacial score (nSPS) is 11.6. The molecule has 1 atom stereocenters. The van der Waals surface area contributed by atoms with Gasteiger partial charge >= 0.3 is 5.97 Å². The summed E-state index contributed by atoms with van der Waals surface area (Å²) >= 11 is 0. The Morgan fingerprint density at radius 3 is 2.50 bits per heavy atom. The summed E-state index contributed by atoms with van der Waals surface area (Å²) in [5.74, 6) is -0.661. The van der Waals surface area contributed by atoms with Crippen LogP contribution in [0, 0.1) is 13.8 Å². The van der Waals surface area contributed by atoms with Crippen molar-refractivity contribution in [1.82, 2.24) is 5.32 Å². The number of aryl methyl sites for hydroxylation is 2. The number of amides is 1. The zero-order chi connectivity index (χ0) is 16.7. The number of ketones is 1. The first-order valence-corrected chi connectivity index (χ1v) is 7.30. The van der Waals surface area contributed by atoms with Crippen LogP contribution in [-0.4, -0.2) is 30.8 Å². The van der Waals surface area contributed by atoms with Crippen molar-refractivity contribution in [3.8, 4) is 0 Å². The molecule has 0 unspecified atom stereocenters. The highest BCUT2D eigenvalue weighted by Gasteiger charge is 2.15. The molecule has 0 radical (unpaired) electrons. The first-order chi connectivity index (χ1) is 10.3. The fraction of sp³-hybridized carbons (Fsp3) is 0.471. The predicted molar refractivity (Wildman–Crippen MR) is 83.7 cm³/mol. The van der Waals surface area contributed by atoms with Gasteiger partial charge in [0.15, 0.2) is 5.78 Å². The first-order valence-electron chi connectivity index (χ1n) is 7.30. The monoisotopic (exact) mass is 305 g/mol. The third-order valence-electron chi connectivity index (χ3n) is 3.38. The fourth-order valence-corrected chi connectivity index (χ4v) is 2.13. The van der Waals surface area contributed by atoms with Crippen LogP contribution in [0.3, 0.4) is 0 Å². The van der Waals surface area contributed by atoms with Crippen LogP contribution in [0.4, 0.5) is 0 Å². The molecule has 5 heteroatoms. The van der Waals surface area contributed by atoms with Crippen molar-refractivity contribution in [2.24, 2.45) is 0 Å². The Hall–Kier alpha value is -2.17. The zero-order valence-electron chi connectivity index (χ0n) is 13.6. The summed E-state index contributed by atoms with van der Waals surface area (Å²) in [5, 5.41) is 2.69. The fourth-order valence-electron chi connectivity index (χ4n) is 2.13. The van der Waals surface area contributed by atoms with Crippen LogP contribution < -0.4 is 5.32 Å². The van der Waals surface area contributed by atoms with E-state index in [0.717, 1.165) is 11.1 Å². The molecule has 1 aromatic carbocycles. The van der Waals surface area contributed by atoms with Crippen molar-refractivity contribution < 1.29 is 19.1 Å². The van der Waals surface area contributed by atoms with E-state index in [-0.39, 0.29) is 43.0 Å². The van der Waals surface area contributed by atoms with Gasteiger partial charge in [-0.25, -0.2) is 0 Å². The second kappa shape index (κ2) is 8.32. The third kappa shape index (κ3) is 5.68. The van der Waals surface area contributed by atoms with Gasteiger partial charge in [-0.1, -0.05) is 17.7 Å². The van der Waals surface area contributed by atoms with Gasteiger partial charge in [-0.3, -0.25) is 14.4 Å². The maximum absolute atomic E-state index is 12.2. The van der Waals surface area contributed by atoms with Crippen LogP contribution in [0.5, 0.6) is 0 Å². The van der Waals surface area contributed by atoms with Crippen LogP contribution in [0.15, 0.2) is 18.2 Å². The lowest BCUT2D eigenvalue weighted by molar-refractivity contribution is -0.141. The Morgan fingerprint density at radius 2 is 1.86 bits per heavy atom. The van der Waals surface area contributed by atoms with Gasteiger partial charge in [-0.05, 0) is 32.4 Å². The van der Waals surface area contributed by atoms with E-state index >= 15 is 0 Å². The molecular formula is C17H23NO4. The minimum atomic E-state index is -0.376. The van der Waals surface area contributed by atoms with Gasteiger partial charge in [-0.15, -0.1) is 0 Å².